The molecule has 1 heterocycles. The molecule has 0 saturated heterocycles. The maximum Gasteiger partial charge on any atom is 0.0519 e. The summed E-state index contributed by atoms with van der Waals surface area (Å²) < 4.78 is 0. The fraction of sp³-hybridized carbons (Fsp3) is 0.571. The van der Waals surface area contributed by atoms with E-state index in [0.29, 0.717) is 6.54 Å². The van der Waals surface area contributed by atoms with E-state index < -0.39 is 0 Å². The van der Waals surface area contributed by atoms with Gasteiger partial charge in [0.15, 0.2) is 0 Å². The van der Waals surface area contributed by atoms with E-state index in [2.05, 4.69) is 10.2 Å². The van der Waals surface area contributed by atoms with Crippen molar-refractivity contribution in [3.05, 3.63) is 18.0 Å². The maximum absolute atomic E-state index is 5.28. The van der Waals surface area contributed by atoms with Gasteiger partial charge < -0.3 is 5.73 Å². The molecule has 3 nitrogen and oxygen atoms in total. The topological polar surface area (TPSA) is 54.7 Å². The summed E-state index contributed by atoms with van der Waals surface area (Å²) in [5.41, 5.74) is 6.45. The summed E-state index contributed by atoms with van der Waals surface area (Å²) in [4.78, 5) is 0. The van der Waals surface area contributed by atoms with Gasteiger partial charge in [-0.15, -0.1) is 0 Å². The predicted molar refractivity (Wildman–Crippen MR) is 42.7 cm³/mol. The van der Waals surface area contributed by atoms with Gasteiger partial charge in [0.1, 0.15) is 0 Å². The van der Waals surface area contributed by atoms with Crippen LogP contribution < -0.4 is 5.73 Å². The van der Waals surface area contributed by atoms with Crippen molar-refractivity contribution in [3.63, 3.8) is 0 Å². The zero-order valence-electron chi connectivity index (χ0n) is 6.59. The Morgan fingerprint density at radius 2 is 2.30 bits per heavy atom. The molecule has 0 aliphatic carbocycles. The van der Waals surface area contributed by atoms with Crippen molar-refractivity contribution in [1.29, 1.82) is 0 Å². The number of nitrogens with two attached hydrogens (primary N) is 1. The lowest BCUT2D eigenvalue weighted by Gasteiger charge is -1.85. The fourth-order valence-corrected chi connectivity index (χ4v) is 0.581. The van der Waals surface area contributed by atoms with E-state index in [1.54, 1.807) is 6.20 Å². The summed E-state index contributed by atoms with van der Waals surface area (Å²) in [5.74, 6) is 0. The molecule has 0 aliphatic heterocycles. The Hall–Kier alpha value is -0.830. The molecular weight excluding hydrogens is 126 g/mol. The van der Waals surface area contributed by atoms with E-state index in [1.807, 2.05) is 20.0 Å². The minimum atomic E-state index is 0.694. The zero-order valence-corrected chi connectivity index (χ0v) is 6.59. The van der Waals surface area contributed by atoms with Crippen LogP contribution in [-0.4, -0.2) is 16.7 Å². The van der Waals surface area contributed by atoms with Crippen LogP contribution in [0.5, 0.6) is 0 Å². The lowest BCUT2D eigenvalue weighted by Crippen LogP contribution is -2.01. The van der Waals surface area contributed by atoms with Crippen LogP contribution in [0.25, 0.3) is 0 Å². The number of hydrogen-bond acceptors (Lipinski definition) is 2. The van der Waals surface area contributed by atoms with E-state index in [4.69, 9.17) is 5.73 Å². The van der Waals surface area contributed by atoms with Crippen molar-refractivity contribution in [3.8, 4) is 0 Å². The maximum atomic E-state index is 5.28. The third kappa shape index (κ3) is 3.25. The van der Waals surface area contributed by atoms with Crippen LogP contribution in [0, 0.1) is 0 Å². The summed E-state index contributed by atoms with van der Waals surface area (Å²) in [6.07, 6.45) is 4.55. The third-order valence-corrected chi connectivity index (χ3v) is 0.988. The minimum absolute atomic E-state index is 0.694. The van der Waals surface area contributed by atoms with Gasteiger partial charge in [0.05, 0.1) is 6.20 Å². The number of nitrogens with zero attached hydrogens (tertiary/aromatic N) is 1. The van der Waals surface area contributed by atoms with Crippen molar-refractivity contribution in [2.45, 2.75) is 20.3 Å². The number of aromatic nitrogens is 2. The molecule has 0 saturated carbocycles. The standard InChI is InChI=1S/C5H9N3.C2H6/c6-2-1-5-3-7-8-4-5;1-2/h3-4H,1-2,6H2,(H,7,8);1-2H3. The molecule has 0 unspecified atom stereocenters. The first-order valence-electron chi connectivity index (χ1n) is 3.61. The number of nitrogens with one attached hydrogen (secondary N) is 1. The molecule has 1 rings (SSSR count). The molecule has 0 atom stereocenters. The van der Waals surface area contributed by atoms with E-state index in [0.717, 1.165) is 6.42 Å². The first kappa shape index (κ1) is 9.17. The number of hydrogen-bond donors (Lipinski definition) is 2. The molecule has 3 heteroatoms. The van der Waals surface area contributed by atoms with Crippen molar-refractivity contribution < 1.29 is 0 Å². The van der Waals surface area contributed by atoms with Gasteiger partial charge >= 0.3 is 0 Å². The summed E-state index contributed by atoms with van der Waals surface area (Å²) in [6.45, 7) is 4.69. The monoisotopic (exact) mass is 141 g/mol. The molecular formula is C7H15N3. The van der Waals surface area contributed by atoms with Gasteiger partial charge in [-0.1, -0.05) is 13.8 Å². The van der Waals surface area contributed by atoms with Crippen molar-refractivity contribution in [2.24, 2.45) is 5.73 Å². The Kier molecular flexibility index (Phi) is 5.77. The minimum Gasteiger partial charge on any atom is -0.330 e. The van der Waals surface area contributed by atoms with Crippen LogP contribution in [0.4, 0.5) is 0 Å². The highest BCUT2D eigenvalue weighted by molar-refractivity contribution is 5.02. The zero-order chi connectivity index (χ0) is 7.82. The van der Waals surface area contributed by atoms with Crippen molar-refractivity contribution in [2.75, 3.05) is 6.54 Å². The van der Waals surface area contributed by atoms with E-state index in [-0.39, 0.29) is 0 Å². The van der Waals surface area contributed by atoms with Gasteiger partial charge in [0.2, 0.25) is 0 Å². The highest BCUT2D eigenvalue weighted by atomic mass is 15.1. The van der Waals surface area contributed by atoms with Gasteiger partial charge in [-0.3, -0.25) is 5.10 Å². The van der Waals surface area contributed by atoms with Gasteiger partial charge in [-0.25, -0.2) is 0 Å². The van der Waals surface area contributed by atoms with Crippen LogP contribution in [-0.2, 0) is 6.42 Å². The van der Waals surface area contributed by atoms with Gasteiger partial charge in [0.25, 0.3) is 0 Å². The largest absolute Gasteiger partial charge is 0.330 e. The number of aromatic amines is 1. The third-order valence-electron chi connectivity index (χ3n) is 0.988. The molecule has 0 aromatic carbocycles. The lowest BCUT2D eigenvalue weighted by molar-refractivity contribution is 0.970. The molecule has 58 valence electrons. The normalized spacial score (nSPS) is 8.30. The quantitative estimate of drug-likeness (QED) is 0.644. The van der Waals surface area contributed by atoms with E-state index >= 15 is 0 Å². The van der Waals surface area contributed by atoms with E-state index in [9.17, 15) is 0 Å². The average Bonchev–Trinajstić information content (AvgIpc) is 2.46. The molecule has 0 fully saturated rings. The van der Waals surface area contributed by atoms with Crippen molar-refractivity contribution in [1.82, 2.24) is 10.2 Å². The van der Waals surface area contributed by atoms with Crippen LogP contribution in [0.3, 0.4) is 0 Å². The Balaban J connectivity index is 0.000000371. The summed E-state index contributed by atoms with van der Waals surface area (Å²) >= 11 is 0. The van der Waals surface area contributed by atoms with Gasteiger partial charge in [0, 0.05) is 6.20 Å². The van der Waals surface area contributed by atoms with Crippen molar-refractivity contribution >= 4 is 0 Å². The van der Waals surface area contributed by atoms with Crippen LogP contribution in [0.15, 0.2) is 12.4 Å². The molecule has 0 spiro atoms. The highest BCUT2D eigenvalue weighted by Crippen LogP contribution is 1.91. The molecule has 0 bridgehead atoms. The predicted octanol–water partition coefficient (Wildman–Crippen LogP) is 0.937. The molecule has 1 aromatic heterocycles. The Bertz CT molecular complexity index is 135. The number of rotatable bonds is 2. The second-order valence-electron chi connectivity index (χ2n) is 1.65. The van der Waals surface area contributed by atoms with Crippen LogP contribution >= 0.6 is 0 Å². The molecule has 10 heavy (non-hydrogen) atoms. The average molecular weight is 141 g/mol. The summed E-state index contributed by atoms with van der Waals surface area (Å²) in [5, 5.41) is 6.47. The SMILES string of the molecule is CC.NCCc1cn[nH]c1. The smallest absolute Gasteiger partial charge is 0.0519 e. The fourth-order valence-electron chi connectivity index (χ4n) is 0.581. The molecule has 3 N–H and O–H groups in total. The molecule has 0 aliphatic rings. The number of H-pyrrole nitrogens is 1. The van der Waals surface area contributed by atoms with Gasteiger partial charge in [-0.05, 0) is 18.5 Å². The molecule has 1 aromatic rings. The van der Waals surface area contributed by atoms with Gasteiger partial charge in [-0.2, -0.15) is 5.10 Å². The van der Waals surface area contributed by atoms with E-state index in [1.165, 1.54) is 5.56 Å². The second kappa shape index (κ2) is 6.29. The van der Waals surface area contributed by atoms with Crippen LogP contribution in [0.2, 0.25) is 0 Å². The summed E-state index contributed by atoms with van der Waals surface area (Å²) in [6, 6.07) is 0. The Morgan fingerprint density at radius 1 is 1.60 bits per heavy atom. The lowest BCUT2D eigenvalue weighted by atomic mass is 10.3. The van der Waals surface area contributed by atoms with Crippen LogP contribution in [0.1, 0.15) is 19.4 Å². The second-order valence-corrected chi connectivity index (χ2v) is 1.65. The highest BCUT2D eigenvalue weighted by Gasteiger charge is 1.87. The Morgan fingerprint density at radius 3 is 2.70 bits per heavy atom. The molecule has 0 radical (unpaired) electrons. The molecule has 0 amide bonds. The first-order valence-corrected chi connectivity index (χ1v) is 3.61. The Labute approximate surface area is 61.6 Å². The first-order chi connectivity index (χ1) is 4.93. The summed E-state index contributed by atoms with van der Waals surface area (Å²) in [7, 11) is 0.